The molecule has 2 heterocycles. The van der Waals surface area contributed by atoms with Gasteiger partial charge < -0.3 is 15.4 Å². The van der Waals surface area contributed by atoms with E-state index in [2.05, 4.69) is 0 Å². The SMILES string of the molecule is Nc1ccc2c(c1)CCCC(=O)N2CC1CCOC1. The molecule has 4 heteroatoms. The highest BCUT2D eigenvalue weighted by atomic mass is 16.5. The number of rotatable bonds is 2. The lowest BCUT2D eigenvalue weighted by Gasteiger charge is -2.25. The molecule has 0 saturated carbocycles. The molecular weight excluding hydrogens is 240 g/mol. The number of nitrogens with zero attached hydrogens (tertiary/aromatic N) is 1. The van der Waals surface area contributed by atoms with Crippen LogP contribution in [0, 0.1) is 5.92 Å². The molecule has 0 aliphatic carbocycles. The van der Waals surface area contributed by atoms with Gasteiger partial charge in [0.15, 0.2) is 0 Å². The maximum absolute atomic E-state index is 12.3. The zero-order valence-electron chi connectivity index (χ0n) is 11.1. The molecule has 1 atom stereocenters. The first-order chi connectivity index (χ1) is 9.24. The maximum atomic E-state index is 12.3. The number of ether oxygens (including phenoxy) is 1. The van der Waals surface area contributed by atoms with Crippen LogP contribution in [0.25, 0.3) is 0 Å². The van der Waals surface area contributed by atoms with Gasteiger partial charge in [-0.2, -0.15) is 0 Å². The molecule has 1 fully saturated rings. The minimum atomic E-state index is 0.232. The topological polar surface area (TPSA) is 55.6 Å². The Bertz CT molecular complexity index is 481. The Labute approximate surface area is 113 Å². The molecule has 1 amide bonds. The zero-order chi connectivity index (χ0) is 13.2. The number of hydrogen-bond acceptors (Lipinski definition) is 3. The summed E-state index contributed by atoms with van der Waals surface area (Å²) < 4.78 is 5.41. The molecule has 19 heavy (non-hydrogen) atoms. The van der Waals surface area contributed by atoms with Crippen LogP contribution in [0.2, 0.25) is 0 Å². The van der Waals surface area contributed by atoms with Gasteiger partial charge in [0.25, 0.3) is 0 Å². The normalized spacial score (nSPS) is 23.3. The summed E-state index contributed by atoms with van der Waals surface area (Å²) in [5, 5.41) is 0. The van der Waals surface area contributed by atoms with Gasteiger partial charge in [-0.1, -0.05) is 0 Å². The number of aryl methyl sites for hydroxylation is 1. The van der Waals surface area contributed by atoms with Crippen molar-refractivity contribution in [3.63, 3.8) is 0 Å². The van der Waals surface area contributed by atoms with Crippen molar-refractivity contribution in [1.29, 1.82) is 0 Å². The number of carbonyl (C=O) groups is 1. The summed E-state index contributed by atoms with van der Waals surface area (Å²) in [7, 11) is 0. The van der Waals surface area contributed by atoms with Gasteiger partial charge in [0.2, 0.25) is 5.91 Å². The Hall–Kier alpha value is -1.55. The molecule has 0 bridgehead atoms. The number of carbonyl (C=O) groups excluding carboxylic acids is 1. The summed E-state index contributed by atoms with van der Waals surface area (Å²) in [6.07, 6.45) is 3.52. The standard InChI is InChI=1S/C15H20N2O2/c16-13-4-5-14-12(8-13)2-1-3-15(18)17(14)9-11-6-7-19-10-11/h4-5,8,11H,1-3,6-7,9-10,16H2. The molecule has 2 N–H and O–H groups in total. The van der Waals surface area contributed by atoms with E-state index in [4.69, 9.17) is 10.5 Å². The summed E-state index contributed by atoms with van der Waals surface area (Å²) >= 11 is 0. The van der Waals surface area contributed by atoms with Crippen LogP contribution in [-0.2, 0) is 16.0 Å². The molecule has 2 aliphatic heterocycles. The van der Waals surface area contributed by atoms with E-state index in [9.17, 15) is 4.79 Å². The number of fused-ring (bicyclic) bond motifs is 1. The number of amides is 1. The van der Waals surface area contributed by atoms with Gasteiger partial charge in [-0.3, -0.25) is 4.79 Å². The number of nitrogen functional groups attached to an aromatic ring is 1. The van der Waals surface area contributed by atoms with E-state index < -0.39 is 0 Å². The first-order valence-corrected chi connectivity index (χ1v) is 7.00. The van der Waals surface area contributed by atoms with Crippen LogP contribution in [0.5, 0.6) is 0 Å². The third kappa shape index (κ3) is 2.59. The second kappa shape index (κ2) is 5.21. The second-order valence-electron chi connectivity index (χ2n) is 5.48. The van der Waals surface area contributed by atoms with Gasteiger partial charge in [-0.25, -0.2) is 0 Å². The molecule has 0 spiro atoms. The molecule has 2 aliphatic rings. The van der Waals surface area contributed by atoms with Crippen molar-refractivity contribution in [3.05, 3.63) is 23.8 Å². The number of hydrogen-bond donors (Lipinski definition) is 1. The average molecular weight is 260 g/mol. The minimum absolute atomic E-state index is 0.232. The smallest absolute Gasteiger partial charge is 0.227 e. The van der Waals surface area contributed by atoms with E-state index in [-0.39, 0.29) is 5.91 Å². The van der Waals surface area contributed by atoms with E-state index in [0.717, 1.165) is 50.4 Å². The van der Waals surface area contributed by atoms with Crippen molar-refractivity contribution in [1.82, 2.24) is 0 Å². The fourth-order valence-electron chi connectivity index (χ4n) is 2.95. The highest BCUT2D eigenvalue weighted by Crippen LogP contribution is 2.30. The molecule has 1 unspecified atom stereocenters. The first-order valence-electron chi connectivity index (χ1n) is 7.00. The Morgan fingerprint density at radius 2 is 2.26 bits per heavy atom. The Morgan fingerprint density at radius 1 is 1.37 bits per heavy atom. The first kappa shape index (κ1) is 12.5. The molecule has 1 aromatic rings. The van der Waals surface area contributed by atoms with E-state index in [0.29, 0.717) is 12.3 Å². The van der Waals surface area contributed by atoms with Crippen LogP contribution in [0.1, 0.15) is 24.8 Å². The van der Waals surface area contributed by atoms with Crippen LogP contribution >= 0.6 is 0 Å². The average Bonchev–Trinajstić information content (AvgIpc) is 2.84. The summed E-state index contributed by atoms with van der Waals surface area (Å²) in [5.74, 6) is 0.697. The maximum Gasteiger partial charge on any atom is 0.227 e. The van der Waals surface area contributed by atoms with Crippen LogP contribution < -0.4 is 10.6 Å². The Morgan fingerprint density at radius 3 is 3.05 bits per heavy atom. The summed E-state index contributed by atoms with van der Waals surface area (Å²) in [5.41, 5.74) is 8.87. The summed E-state index contributed by atoms with van der Waals surface area (Å²) in [6.45, 7) is 2.37. The van der Waals surface area contributed by atoms with Crippen molar-refractivity contribution in [2.24, 2.45) is 5.92 Å². The fourth-order valence-corrected chi connectivity index (χ4v) is 2.95. The molecular formula is C15H20N2O2. The summed E-state index contributed by atoms with van der Waals surface area (Å²) in [6, 6.07) is 5.88. The van der Waals surface area contributed by atoms with Crippen molar-refractivity contribution in [3.8, 4) is 0 Å². The van der Waals surface area contributed by atoms with E-state index in [1.165, 1.54) is 5.56 Å². The Kier molecular flexibility index (Phi) is 3.42. The van der Waals surface area contributed by atoms with Gasteiger partial charge in [-0.15, -0.1) is 0 Å². The van der Waals surface area contributed by atoms with Gasteiger partial charge in [0.1, 0.15) is 0 Å². The highest BCUT2D eigenvalue weighted by molar-refractivity contribution is 5.95. The van der Waals surface area contributed by atoms with E-state index in [1.54, 1.807) is 0 Å². The van der Waals surface area contributed by atoms with Crippen LogP contribution in [-0.4, -0.2) is 25.7 Å². The zero-order valence-corrected chi connectivity index (χ0v) is 11.1. The lowest BCUT2D eigenvalue weighted by Crippen LogP contribution is -2.35. The molecule has 1 saturated heterocycles. The summed E-state index contributed by atoms with van der Waals surface area (Å²) in [4.78, 5) is 14.2. The number of benzene rings is 1. The third-order valence-electron chi connectivity index (χ3n) is 4.00. The van der Waals surface area contributed by atoms with E-state index >= 15 is 0 Å². The Balaban J connectivity index is 1.89. The molecule has 102 valence electrons. The fraction of sp³-hybridized carbons (Fsp3) is 0.533. The lowest BCUT2D eigenvalue weighted by molar-refractivity contribution is -0.118. The predicted octanol–water partition coefficient (Wildman–Crippen LogP) is 1.97. The number of anilines is 2. The predicted molar refractivity (Wildman–Crippen MR) is 75.1 cm³/mol. The van der Waals surface area contributed by atoms with Gasteiger partial charge >= 0.3 is 0 Å². The van der Waals surface area contributed by atoms with E-state index in [1.807, 2.05) is 23.1 Å². The third-order valence-corrected chi connectivity index (χ3v) is 4.00. The van der Waals surface area contributed by atoms with Crippen LogP contribution in [0.15, 0.2) is 18.2 Å². The van der Waals surface area contributed by atoms with Crippen LogP contribution in [0.3, 0.4) is 0 Å². The van der Waals surface area contributed by atoms with Crippen molar-refractivity contribution >= 4 is 17.3 Å². The quantitative estimate of drug-likeness (QED) is 0.827. The monoisotopic (exact) mass is 260 g/mol. The number of nitrogens with two attached hydrogens (primary N) is 1. The van der Waals surface area contributed by atoms with Crippen molar-refractivity contribution in [2.45, 2.75) is 25.7 Å². The largest absolute Gasteiger partial charge is 0.399 e. The molecule has 4 nitrogen and oxygen atoms in total. The van der Waals surface area contributed by atoms with Gasteiger partial charge in [-0.05, 0) is 43.0 Å². The molecule has 3 rings (SSSR count). The van der Waals surface area contributed by atoms with Crippen LogP contribution in [0.4, 0.5) is 11.4 Å². The molecule has 0 radical (unpaired) electrons. The van der Waals surface area contributed by atoms with Crippen molar-refractivity contribution < 1.29 is 9.53 Å². The molecule has 1 aromatic carbocycles. The van der Waals surface area contributed by atoms with Crippen molar-refractivity contribution in [2.75, 3.05) is 30.4 Å². The minimum Gasteiger partial charge on any atom is -0.399 e. The lowest BCUT2D eigenvalue weighted by atomic mass is 10.1. The van der Waals surface area contributed by atoms with Gasteiger partial charge in [0.05, 0.1) is 6.61 Å². The highest BCUT2D eigenvalue weighted by Gasteiger charge is 2.26. The van der Waals surface area contributed by atoms with Gasteiger partial charge in [0, 0.05) is 36.9 Å². The second-order valence-corrected chi connectivity index (χ2v) is 5.48. The molecule has 0 aromatic heterocycles.